The second-order valence-electron chi connectivity index (χ2n) is 5.77. The molecule has 3 atom stereocenters. The molecule has 1 aromatic carbocycles. The van der Waals surface area contributed by atoms with Crippen molar-refractivity contribution in [1.82, 2.24) is 4.90 Å². The standard InChI is InChI=1S/C15H22F2N2/c1-10-8-11(10)9-19(2)7-6-14(18)12-4-3-5-13(16)15(12)17/h3-5,10-11,14H,6-9,18H2,1-2H3. The number of hydrogen-bond acceptors (Lipinski definition) is 2. The van der Waals surface area contributed by atoms with Gasteiger partial charge in [0.25, 0.3) is 0 Å². The first-order valence-electron chi connectivity index (χ1n) is 6.87. The van der Waals surface area contributed by atoms with Crippen molar-refractivity contribution >= 4 is 0 Å². The van der Waals surface area contributed by atoms with Crippen molar-refractivity contribution in [1.29, 1.82) is 0 Å². The van der Waals surface area contributed by atoms with Crippen LogP contribution in [0.25, 0.3) is 0 Å². The summed E-state index contributed by atoms with van der Waals surface area (Å²) in [6.07, 6.45) is 1.94. The Hall–Kier alpha value is -1.00. The van der Waals surface area contributed by atoms with Gasteiger partial charge in [0, 0.05) is 18.2 Å². The summed E-state index contributed by atoms with van der Waals surface area (Å²) in [6, 6.07) is 3.73. The topological polar surface area (TPSA) is 29.3 Å². The van der Waals surface area contributed by atoms with E-state index in [4.69, 9.17) is 5.73 Å². The van der Waals surface area contributed by atoms with Crippen molar-refractivity contribution in [3.63, 3.8) is 0 Å². The van der Waals surface area contributed by atoms with E-state index in [1.54, 1.807) is 6.07 Å². The molecule has 4 heteroatoms. The number of halogens is 2. The second kappa shape index (κ2) is 5.97. The van der Waals surface area contributed by atoms with Gasteiger partial charge in [-0.3, -0.25) is 0 Å². The van der Waals surface area contributed by atoms with E-state index in [1.165, 1.54) is 12.5 Å². The fourth-order valence-electron chi connectivity index (χ4n) is 2.47. The first kappa shape index (κ1) is 14.4. The van der Waals surface area contributed by atoms with Crippen LogP contribution in [0.2, 0.25) is 0 Å². The van der Waals surface area contributed by atoms with Crippen molar-refractivity contribution in [2.45, 2.75) is 25.8 Å². The molecule has 106 valence electrons. The van der Waals surface area contributed by atoms with E-state index >= 15 is 0 Å². The van der Waals surface area contributed by atoms with E-state index < -0.39 is 17.7 Å². The monoisotopic (exact) mass is 268 g/mol. The highest BCUT2D eigenvalue weighted by atomic mass is 19.2. The lowest BCUT2D eigenvalue weighted by Crippen LogP contribution is -2.26. The van der Waals surface area contributed by atoms with Gasteiger partial charge in [-0.15, -0.1) is 0 Å². The van der Waals surface area contributed by atoms with Gasteiger partial charge in [0.15, 0.2) is 11.6 Å². The number of benzene rings is 1. The fraction of sp³-hybridized carbons (Fsp3) is 0.600. The molecular formula is C15H22F2N2. The third-order valence-corrected chi connectivity index (χ3v) is 4.03. The third kappa shape index (κ3) is 3.74. The molecule has 1 aliphatic rings. The van der Waals surface area contributed by atoms with Crippen molar-refractivity contribution in [3.05, 3.63) is 35.4 Å². The summed E-state index contributed by atoms with van der Waals surface area (Å²) in [7, 11) is 2.06. The summed E-state index contributed by atoms with van der Waals surface area (Å²) >= 11 is 0. The smallest absolute Gasteiger partial charge is 0.163 e. The Morgan fingerprint density at radius 1 is 1.42 bits per heavy atom. The average Bonchev–Trinajstić information content (AvgIpc) is 3.05. The lowest BCUT2D eigenvalue weighted by Gasteiger charge is -2.20. The normalized spacial score (nSPS) is 23.7. The van der Waals surface area contributed by atoms with Crippen molar-refractivity contribution in [2.24, 2.45) is 17.6 Å². The van der Waals surface area contributed by atoms with Crippen LogP contribution in [0.4, 0.5) is 8.78 Å². The van der Waals surface area contributed by atoms with Gasteiger partial charge in [-0.25, -0.2) is 8.78 Å². The molecule has 0 amide bonds. The molecule has 2 rings (SSSR count). The largest absolute Gasteiger partial charge is 0.324 e. The van der Waals surface area contributed by atoms with E-state index in [0.717, 1.165) is 31.0 Å². The molecule has 0 aliphatic heterocycles. The first-order valence-corrected chi connectivity index (χ1v) is 6.87. The predicted octanol–water partition coefficient (Wildman–Crippen LogP) is 2.94. The van der Waals surface area contributed by atoms with Gasteiger partial charge in [0.1, 0.15) is 0 Å². The van der Waals surface area contributed by atoms with E-state index in [2.05, 4.69) is 18.9 Å². The molecule has 0 radical (unpaired) electrons. The zero-order chi connectivity index (χ0) is 14.0. The molecule has 1 aliphatic carbocycles. The number of hydrogen-bond donors (Lipinski definition) is 1. The van der Waals surface area contributed by atoms with Gasteiger partial charge in [0.2, 0.25) is 0 Å². The Morgan fingerprint density at radius 2 is 2.11 bits per heavy atom. The maximum Gasteiger partial charge on any atom is 0.163 e. The lowest BCUT2D eigenvalue weighted by atomic mass is 10.0. The lowest BCUT2D eigenvalue weighted by molar-refractivity contribution is 0.300. The molecule has 1 saturated carbocycles. The van der Waals surface area contributed by atoms with Gasteiger partial charge < -0.3 is 10.6 Å². The first-order chi connectivity index (χ1) is 8.99. The highest BCUT2D eigenvalue weighted by molar-refractivity contribution is 5.22. The van der Waals surface area contributed by atoms with Gasteiger partial charge in [-0.1, -0.05) is 19.1 Å². The zero-order valence-electron chi connectivity index (χ0n) is 11.6. The summed E-state index contributed by atoms with van der Waals surface area (Å²) in [5, 5.41) is 0. The van der Waals surface area contributed by atoms with E-state index in [1.807, 2.05) is 0 Å². The molecule has 0 heterocycles. The maximum absolute atomic E-state index is 13.6. The molecule has 0 spiro atoms. The van der Waals surface area contributed by atoms with E-state index in [-0.39, 0.29) is 5.56 Å². The third-order valence-electron chi connectivity index (χ3n) is 4.03. The van der Waals surface area contributed by atoms with Gasteiger partial charge in [-0.05, 0) is 44.3 Å². The Balaban J connectivity index is 1.83. The Morgan fingerprint density at radius 3 is 2.74 bits per heavy atom. The van der Waals surface area contributed by atoms with Crippen LogP contribution in [0.5, 0.6) is 0 Å². The minimum atomic E-state index is -0.826. The van der Waals surface area contributed by atoms with Crippen LogP contribution in [0, 0.1) is 23.5 Å². The van der Waals surface area contributed by atoms with Crippen LogP contribution in [0.1, 0.15) is 31.4 Å². The van der Waals surface area contributed by atoms with Crippen molar-refractivity contribution in [2.75, 3.05) is 20.1 Å². The maximum atomic E-state index is 13.6. The molecule has 3 unspecified atom stereocenters. The Bertz CT molecular complexity index is 436. The number of nitrogens with two attached hydrogens (primary N) is 1. The van der Waals surface area contributed by atoms with Crippen LogP contribution in [-0.2, 0) is 0 Å². The molecule has 2 nitrogen and oxygen atoms in total. The highest BCUT2D eigenvalue weighted by Crippen LogP contribution is 2.38. The zero-order valence-corrected chi connectivity index (χ0v) is 11.6. The summed E-state index contributed by atoms with van der Waals surface area (Å²) in [5.74, 6) is -0.00880. The van der Waals surface area contributed by atoms with Gasteiger partial charge in [-0.2, -0.15) is 0 Å². The minimum Gasteiger partial charge on any atom is -0.324 e. The summed E-state index contributed by atoms with van der Waals surface area (Å²) in [4.78, 5) is 2.23. The quantitative estimate of drug-likeness (QED) is 0.859. The summed E-state index contributed by atoms with van der Waals surface area (Å²) in [5.41, 5.74) is 6.22. The van der Waals surface area contributed by atoms with Crippen LogP contribution in [0.15, 0.2) is 18.2 Å². The highest BCUT2D eigenvalue weighted by Gasteiger charge is 2.33. The van der Waals surface area contributed by atoms with Crippen LogP contribution in [0.3, 0.4) is 0 Å². The summed E-state index contributed by atoms with van der Waals surface area (Å²) in [6.45, 7) is 4.13. The van der Waals surface area contributed by atoms with Crippen molar-refractivity contribution < 1.29 is 8.78 Å². The predicted molar refractivity (Wildman–Crippen MR) is 72.7 cm³/mol. The van der Waals surface area contributed by atoms with Gasteiger partial charge in [0.05, 0.1) is 0 Å². The number of nitrogens with zero attached hydrogens (tertiary/aromatic N) is 1. The molecule has 1 fully saturated rings. The SMILES string of the molecule is CC1CC1CN(C)CCC(N)c1cccc(F)c1F. The summed E-state index contributed by atoms with van der Waals surface area (Å²) < 4.78 is 26.7. The second-order valence-corrected chi connectivity index (χ2v) is 5.77. The van der Waals surface area contributed by atoms with Crippen LogP contribution < -0.4 is 5.73 Å². The van der Waals surface area contributed by atoms with Gasteiger partial charge >= 0.3 is 0 Å². The van der Waals surface area contributed by atoms with Crippen molar-refractivity contribution in [3.8, 4) is 0 Å². The molecule has 0 aromatic heterocycles. The number of rotatable bonds is 6. The Labute approximate surface area is 113 Å². The van der Waals surface area contributed by atoms with E-state index in [0.29, 0.717) is 6.42 Å². The Kier molecular flexibility index (Phi) is 4.53. The molecule has 2 N–H and O–H groups in total. The fourth-order valence-corrected chi connectivity index (χ4v) is 2.47. The van der Waals surface area contributed by atoms with Crippen LogP contribution in [-0.4, -0.2) is 25.0 Å². The molecular weight excluding hydrogens is 246 g/mol. The molecule has 0 bridgehead atoms. The molecule has 1 aromatic rings. The van der Waals surface area contributed by atoms with Crippen LogP contribution >= 0.6 is 0 Å². The average molecular weight is 268 g/mol. The minimum absolute atomic E-state index is 0.271. The van der Waals surface area contributed by atoms with E-state index in [9.17, 15) is 8.78 Å². The molecule has 0 saturated heterocycles. The molecule has 19 heavy (non-hydrogen) atoms.